The van der Waals surface area contributed by atoms with E-state index in [-0.39, 0.29) is 36.7 Å². The van der Waals surface area contributed by atoms with E-state index in [1.54, 1.807) is 6.07 Å². The van der Waals surface area contributed by atoms with Gasteiger partial charge in [0.15, 0.2) is 11.6 Å². The number of halogens is 2. The van der Waals surface area contributed by atoms with Crippen LogP contribution in [-0.4, -0.2) is 18.6 Å². The molecule has 0 aromatic heterocycles. The van der Waals surface area contributed by atoms with Gasteiger partial charge in [-0.15, -0.1) is 12.4 Å². The first-order valence-electron chi connectivity index (χ1n) is 5.65. The molecule has 0 bridgehead atoms. The van der Waals surface area contributed by atoms with Crippen molar-refractivity contribution in [1.29, 1.82) is 0 Å². The maximum absolute atomic E-state index is 13.6. The van der Waals surface area contributed by atoms with Crippen molar-refractivity contribution in [2.45, 2.75) is 25.4 Å². The first-order chi connectivity index (χ1) is 8.19. The lowest BCUT2D eigenvalue weighted by Crippen LogP contribution is -2.25. The first kappa shape index (κ1) is 14.7. The SMILES string of the molecule is Cl.NCC(=O)Nc1ccc(OC2CCC2)c(F)c1. The second-order valence-electron chi connectivity index (χ2n) is 4.07. The van der Waals surface area contributed by atoms with E-state index in [9.17, 15) is 9.18 Å². The number of rotatable bonds is 4. The molecule has 0 saturated heterocycles. The molecule has 4 nitrogen and oxygen atoms in total. The third-order valence-corrected chi connectivity index (χ3v) is 2.75. The molecule has 0 atom stereocenters. The Morgan fingerprint density at radius 3 is 2.72 bits per heavy atom. The summed E-state index contributed by atoms with van der Waals surface area (Å²) in [5.41, 5.74) is 5.54. The zero-order valence-electron chi connectivity index (χ0n) is 9.82. The zero-order chi connectivity index (χ0) is 12.3. The van der Waals surface area contributed by atoms with Crippen LogP contribution in [0.4, 0.5) is 10.1 Å². The van der Waals surface area contributed by atoms with Crippen LogP contribution < -0.4 is 15.8 Å². The van der Waals surface area contributed by atoms with Crippen molar-refractivity contribution in [3.05, 3.63) is 24.0 Å². The summed E-state index contributed by atoms with van der Waals surface area (Å²) in [6, 6.07) is 4.37. The molecule has 0 aliphatic heterocycles. The summed E-state index contributed by atoms with van der Waals surface area (Å²) in [6.07, 6.45) is 3.22. The predicted octanol–water partition coefficient (Wildman–Crippen LogP) is 2.08. The average molecular weight is 275 g/mol. The molecule has 1 aliphatic rings. The second-order valence-corrected chi connectivity index (χ2v) is 4.07. The van der Waals surface area contributed by atoms with Crippen LogP contribution in [0.25, 0.3) is 0 Å². The van der Waals surface area contributed by atoms with Gasteiger partial charge in [-0.3, -0.25) is 4.79 Å². The van der Waals surface area contributed by atoms with E-state index in [2.05, 4.69) is 5.32 Å². The zero-order valence-corrected chi connectivity index (χ0v) is 10.6. The van der Waals surface area contributed by atoms with Crippen molar-refractivity contribution in [3.63, 3.8) is 0 Å². The van der Waals surface area contributed by atoms with E-state index in [0.717, 1.165) is 19.3 Å². The van der Waals surface area contributed by atoms with Crippen LogP contribution in [0.15, 0.2) is 18.2 Å². The molecule has 1 aliphatic carbocycles. The third-order valence-electron chi connectivity index (χ3n) is 2.75. The van der Waals surface area contributed by atoms with E-state index in [1.165, 1.54) is 12.1 Å². The molecule has 1 aromatic carbocycles. The van der Waals surface area contributed by atoms with E-state index < -0.39 is 5.82 Å². The highest BCUT2D eigenvalue weighted by molar-refractivity contribution is 5.92. The summed E-state index contributed by atoms with van der Waals surface area (Å²) < 4.78 is 19.1. The largest absolute Gasteiger partial charge is 0.487 e. The number of carbonyl (C=O) groups excluding carboxylic acids is 1. The third kappa shape index (κ3) is 3.58. The highest BCUT2D eigenvalue weighted by Crippen LogP contribution is 2.28. The van der Waals surface area contributed by atoms with E-state index in [0.29, 0.717) is 5.69 Å². The number of amides is 1. The minimum absolute atomic E-state index is 0. The number of hydrogen-bond acceptors (Lipinski definition) is 3. The summed E-state index contributed by atoms with van der Waals surface area (Å²) in [6.45, 7) is -0.123. The number of hydrogen-bond donors (Lipinski definition) is 2. The highest BCUT2D eigenvalue weighted by Gasteiger charge is 2.20. The van der Waals surface area contributed by atoms with Crippen molar-refractivity contribution in [2.75, 3.05) is 11.9 Å². The summed E-state index contributed by atoms with van der Waals surface area (Å²) in [5, 5.41) is 2.48. The Labute approximate surface area is 111 Å². The van der Waals surface area contributed by atoms with Crippen molar-refractivity contribution in [2.24, 2.45) is 5.73 Å². The molecule has 0 unspecified atom stereocenters. The smallest absolute Gasteiger partial charge is 0.238 e. The second kappa shape index (κ2) is 6.56. The minimum atomic E-state index is -0.466. The number of nitrogens with one attached hydrogen (secondary N) is 1. The summed E-state index contributed by atoms with van der Waals surface area (Å²) in [5.74, 6) is -0.579. The van der Waals surface area contributed by atoms with E-state index in [4.69, 9.17) is 10.5 Å². The normalized spacial score (nSPS) is 14.3. The molecule has 0 heterocycles. The topological polar surface area (TPSA) is 64.4 Å². The maximum Gasteiger partial charge on any atom is 0.238 e. The first-order valence-corrected chi connectivity index (χ1v) is 5.65. The molecule has 2 rings (SSSR count). The molecular formula is C12H16ClFN2O2. The van der Waals surface area contributed by atoms with Gasteiger partial charge >= 0.3 is 0 Å². The van der Waals surface area contributed by atoms with Crippen LogP contribution in [0.3, 0.4) is 0 Å². The summed E-state index contributed by atoms with van der Waals surface area (Å²) >= 11 is 0. The number of benzene rings is 1. The van der Waals surface area contributed by atoms with Crippen LogP contribution in [-0.2, 0) is 4.79 Å². The Balaban J connectivity index is 0.00000162. The van der Waals surface area contributed by atoms with Crippen LogP contribution in [0, 0.1) is 5.82 Å². The Morgan fingerprint density at radius 2 is 2.22 bits per heavy atom. The van der Waals surface area contributed by atoms with Gasteiger partial charge in [0.1, 0.15) is 0 Å². The monoisotopic (exact) mass is 274 g/mol. The molecule has 1 saturated carbocycles. The number of nitrogens with two attached hydrogens (primary N) is 1. The molecule has 6 heteroatoms. The van der Waals surface area contributed by atoms with Crippen molar-refractivity contribution < 1.29 is 13.9 Å². The van der Waals surface area contributed by atoms with E-state index >= 15 is 0 Å². The van der Waals surface area contributed by atoms with Gasteiger partial charge in [0.2, 0.25) is 5.91 Å². The Bertz CT molecular complexity index is 425. The number of anilines is 1. The molecule has 0 spiro atoms. The molecule has 3 N–H and O–H groups in total. The van der Waals surface area contributed by atoms with Crippen LogP contribution in [0.2, 0.25) is 0 Å². The Kier molecular flexibility index (Phi) is 5.37. The standard InChI is InChI=1S/C12H15FN2O2.ClH/c13-10-6-8(15-12(16)7-14)4-5-11(10)17-9-2-1-3-9;/h4-6,9H,1-3,7,14H2,(H,15,16);1H. The molecule has 1 amide bonds. The summed E-state index contributed by atoms with van der Waals surface area (Å²) in [4.78, 5) is 11.0. The van der Waals surface area contributed by atoms with Gasteiger partial charge in [0.05, 0.1) is 12.6 Å². The lowest BCUT2D eigenvalue weighted by atomic mass is 9.96. The molecule has 0 radical (unpaired) electrons. The van der Waals surface area contributed by atoms with Gasteiger partial charge in [-0.1, -0.05) is 0 Å². The molecular weight excluding hydrogens is 259 g/mol. The number of ether oxygens (including phenoxy) is 1. The van der Waals surface area contributed by atoms with Crippen molar-refractivity contribution in [1.82, 2.24) is 0 Å². The fourth-order valence-corrected chi connectivity index (χ4v) is 1.55. The lowest BCUT2D eigenvalue weighted by molar-refractivity contribution is -0.114. The van der Waals surface area contributed by atoms with Crippen molar-refractivity contribution >= 4 is 24.0 Å². The Hall–Kier alpha value is -1.33. The molecule has 100 valence electrons. The highest BCUT2D eigenvalue weighted by atomic mass is 35.5. The number of carbonyl (C=O) groups is 1. The summed E-state index contributed by atoms with van der Waals surface area (Å²) in [7, 11) is 0. The fraction of sp³-hybridized carbons (Fsp3) is 0.417. The van der Waals surface area contributed by atoms with Gasteiger partial charge in [0.25, 0.3) is 0 Å². The van der Waals surface area contributed by atoms with Gasteiger partial charge in [-0.05, 0) is 31.4 Å². The van der Waals surface area contributed by atoms with Gasteiger partial charge < -0.3 is 15.8 Å². The lowest BCUT2D eigenvalue weighted by Gasteiger charge is -2.26. The molecule has 18 heavy (non-hydrogen) atoms. The Morgan fingerprint density at radius 1 is 1.50 bits per heavy atom. The van der Waals surface area contributed by atoms with Gasteiger partial charge in [-0.2, -0.15) is 0 Å². The van der Waals surface area contributed by atoms with E-state index in [1.807, 2.05) is 0 Å². The van der Waals surface area contributed by atoms with Crippen LogP contribution >= 0.6 is 12.4 Å². The van der Waals surface area contributed by atoms with Gasteiger partial charge in [-0.25, -0.2) is 4.39 Å². The molecule has 1 aromatic rings. The fourth-order valence-electron chi connectivity index (χ4n) is 1.55. The average Bonchev–Trinajstić information content (AvgIpc) is 2.25. The van der Waals surface area contributed by atoms with Crippen molar-refractivity contribution in [3.8, 4) is 5.75 Å². The maximum atomic E-state index is 13.6. The quantitative estimate of drug-likeness (QED) is 0.883. The van der Waals surface area contributed by atoms with Crippen LogP contribution in [0.1, 0.15) is 19.3 Å². The van der Waals surface area contributed by atoms with Gasteiger partial charge in [0, 0.05) is 11.8 Å². The van der Waals surface area contributed by atoms with Crippen LogP contribution in [0.5, 0.6) is 5.75 Å². The minimum Gasteiger partial charge on any atom is -0.487 e. The molecule has 1 fully saturated rings. The predicted molar refractivity (Wildman–Crippen MR) is 69.6 cm³/mol.